The van der Waals surface area contributed by atoms with Crippen molar-refractivity contribution in [1.82, 2.24) is 34.3 Å². The maximum atomic E-state index is 11.1. The average molecular weight is 1890 g/mol. The topological polar surface area (TPSA) is 229 Å². The molecule has 0 saturated carbocycles. The quantitative estimate of drug-likeness (QED) is 0.135. The van der Waals surface area contributed by atoms with Crippen molar-refractivity contribution in [2.45, 2.75) is 370 Å². The first-order valence-corrected chi connectivity index (χ1v) is 52.9. The van der Waals surface area contributed by atoms with E-state index in [1.807, 2.05) is 226 Å². The SMILES string of the molecule is CC.CC.CC.CC.CC.CC.CC.CC.CC.CC.CC(=O)CC1CCOCN1C.CC(=O)CC1CCc2ccccc2N1C.CC(=O)CC1COCCCN1C.CC(=O)CC1COCN1C.CC(=O)CC1COc2ccccc2N1C.CC(=O)CC1CSCCCN1C.CC(=O)CC1CSCN1C.CC(=O)CC1OCCCCN1C.CC(=O)CC1SCCCCN1C. The molecule has 9 heterocycles. The Hall–Kier alpha value is -4.52. The summed E-state index contributed by atoms with van der Waals surface area (Å²) >= 11 is 5.81. The Labute approximate surface area is 806 Å². The number of carbonyl (C=O) groups is 9. The standard InChI is InChI=1S/C13H17NO.C12H15NO2.2C9H17NO2.2C9H17NOS.C8H15NO2.C7H13NO2.C7H13NOS.10C2H6/c1-10(15)9-12-8-7-11-5-3-4-6-13(11)14(12)2;1-9(14)7-10-8-15-12-6-4-3-5-11(12)13(10)2;1-8(11)6-9-7-12-5-3-4-10(9)2;1-8(11)7-9-10(2)5-3-4-6-12-9;1-8(11)6-9-7-12-5-3-4-10(9)2;1-8(11)7-9-10(2)5-3-4-6-12-9;1-7(10)5-8-3-4-11-6-9(8)2;2*1-6(9)3-7-4-10-5-8(7)2;10*1-2/h3-6,12H,7-9H2,1-2H3;3-6,10H,7-8H2,1-2H3;4*9H,3-7H2,1-2H3;8H,3-6H2,1-2H3;2*7H,3-5H2,1-2H3;10*1-2H3. The van der Waals surface area contributed by atoms with Crippen LogP contribution in [-0.4, -0.2) is 312 Å². The Morgan fingerprint density at radius 2 is 0.729 bits per heavy atom. The molecule has 2 aromatic carbocycles. The van der Waals surface area contributed by atoms with Gasteiger partial charge in [-0.15, -0.1) is 23.5 Å². The summed E-state index contributed by atoms with van der Waals surface area (Å²) in [6.45, 7) is 64.9. The Morgan fingerprint density at radius 1 is 0.326 bits per heavy atom. The molecule has 0 aromatic heterocycles. The molecule has 2 aromatic rings. The Balaban J connectivity index is -0.000000208. The normalized spacial score (nSPS) is 21.5. The van der Waals surface area contributed by atoms with E-state index in [1.165, 1.54) is 48.4 Å². The predicted molar refractivity (Wildman–Crippen MR) is 560 cm³/mol. The van der Waals surface area contributed by atoms with Gasteiger partial charge in [0.1, 0.15) is 70.6 Å². The summed E-state index contributed by atoms with van der Waals surface area (Å²) in [6, 6.07) is 18.9. The summed E-state index contributed by atoms with van der Waals surface area (Å²) in [7, 11) is 18.5. The largest absolute Gasteiger partial charge is 0.489 e. The van der Waals surface area contributed by atoms with Crippen molar-refractivity contribution >= 4 is 98.7 Å². The van der Waals surface area contributed by atoms with E-state index in [2.05, 4.69) is 104 Å². The molecule has 23 nitrogen and oxygen atoms in total. The van der Waals surface area contributed by atoms with Crippen LogP contribution in [-0.2, 0) is 68.5 Å². The fraction of sp³-hybridized carbons (Fsp3) is 0.796. The van der Waals surface area contributed by atoms with E-state index in [9.17, 15) is 43.2 Å². The van der Waals surface area contributed by atoms with E-state index >= 15 is 0 Å². The highest BCUT2D eigenvalue weighted by Gasteiger charge is 2.29. The van der Waals surface area contributed by atoms with Crippen LogP contribution in [0.5, 0.6) is 5.75 Å². The van der Waals surface area contributed by atoms with Crippen molar-refractivity contribution in [3.63, 3.8) is 0 Å². The Bertz CT molecular complexity index is 2770. The van der Waals surface area contributed by atoms with E-state index < -0.39 is 0 Å². The first kappa shape index (κ1) is 140. The lowest BCUT2D eigenvalue weighted by Crippen LogP contribution is -2.41. The predicted octanol–water partition coefficient (Wildman–Crippen LogP) is 21.3. The van der Waals surface area contributed by atoms with Gasteiger partial charge >= 0.3 is 0 Å². The summed E-state index contributed by atoms with van der Waals surface area (Å²) in [5.41, 5.74) is 3.75. The van der Waals surface area contributed by atoms with Crippen LogP contribution >= 0.6 is 35.3 Å². The van der Waals surface area contributed by atoms with E-state index in [0.29, 0.717) is 137 Å². The Kier molecular flexibility index (Phi) is 103. The molecule has 9 unspecified atom stereocenters. The number of rotatable bonds is 18. The summed E-state index contributed by atoms with van der Waals surface area (Å²) in [6.07, 6.45) is 16.2. The molecule has 0 bridgehead atoms. The number of aryl methyl sites for hydroxylation is 1. The van der Waals surface area contributed by atoms with Crippen LogP contribution in [0.4, 0.5) is 11.4 Å². The molecule has 7 fully saturated rings. The fourth-order valence-corrected chi connectivity index (χ4v) is 17.4. The zero-order valence-corrected chi connectivity index (χ0v) is 92.5. The minimum absolute atomic E-state index is 0.0185. The summed E-state index contributed by atoms with van der Waals surface area (Å²) in [5, 5.41) is 0.435. The van der Waals surface area contributed by atoms with Crippen molar-refractivity contribution in [2.75, 3.05) is 181 Å². The number of hydrogen-bond donors (Lipinski definition) is 0. The molecule has 9 aliphatic rings. The van der Waals surface area contributed by atoms with Gasteiger partial charge in [0.2, 0.25) is 0 Å². The van der Waals surface area contributed by atoms with Gasteiger partial charge in [0, 0.05) is 164 Å². The number of ether oxygens (including phenoxy) is 5. The second-order valence-electron chi connectivity index (χ2n) is 30.8. The van der Waals surface area contributed by atoms with Gasteiger partial charge in [-0.3, -0.25) is 67.7 Å². The lowest BCUT2D eigenvalue weighted by Gasteiger charge is -2.35. The van der Waals surface area contributed by atoms with Crippen LogP contribution in [0.2, 0.25) is 0 Å². The smallest absolute Gasteiger partial charge is 0.142 e. The third-order valence-electron chi connectivity index (χ3n) is 20.3. The molecular formula is C103H201N9O14S3. The molecule has 0 amide bonds. The summed E-state index contributed by atoms with van der Waals surface area (Å²) in [5.74, 6) is 9.05. The van der Waals surface area contributed by atoms with Gasteiger partial charge in [-0.05, 0) is 218 Å². The third kappa shape index (κ3) is 72.6. The summed E-state index contributed by atoms with van der Waals surface area (Å²) < 4.78 is 26.9. The number of Topliss-reactive ketones (excluding diaryl/α,β-unsaturated/α-hetero) is 9. The van der Waals surface area contributed by atoms with Crippen LogP contribution < -0.4 is 14.5 Å². The van der Waals surface area contributed by atoms with Crippen molar-refractivity contribution in [1.29, 1.82) is 0 Å². The molecule has 11 rings (SSSR count). The van der Waals surface area contributed by atoms with Gasteiger partial charge in [-0.2, -0.15) is 11.8 Å². The number of benzene rings is 2. The number of fused-ring (bicyclic) bond motifs is 2. The van der Waals surface area contributed by atoms with E-state index in [1.54, 1.807) is 62.3 Å². The van der Waals surface area contributed by atoms with E-state index in [-0.39, 0.29) is 47.0 Å². The number of hydrogen-bond acceptors (Lipinski definition) is 26. The van der Waals surface area contributed by atoms with Crippen molar-refractivity contribution in [3.05, 3.63) is 54.1 Å². The molecule has 129 heavy (non-hydrogen) atoms. The maximum absolute atomic E-state index is 11.1. The van der Waals surface area contributed by atoms with Crippen LogP contribution in [0.1, 0.15) is 316 Å². The molecule has 7 saturated heterocycles. The summed E-state index contributed by atoms with van der Waals surface area (Å²) in [4.78, 5) is 118. The number of thioether (sulfide) groups is 3. The van der Waals surface area contributed by atoms with Gasteiger partial charge < -0.3 is 43.3 Å². The molecular weight excluding hydrogens is 1680 g/mol. The number of ketones is 9. The minimum atomic E-state index is 0.0185. The van der Waals surface area contributed by atoms with E-state index in [0.717, 1.165) is 120 Å². The monoisotopic (exact) mass is 1880 g/mol. The maximum Gasteiger partial charge on any atom is 0.142 e. The highest BCUT2D eigenvalue weighted by atomic mass is 32.2. The lowest BCUT2D eigenvalue weighted by molar-refractivity contribution is -0.124. The molecule has 0 radical (unpaired) electrons. The highest BCUT2D eigenvalue weighted by Crippen LogP contribution is 2.34. The van der Waals surface area contributed by atoms with E-state index in [4.69, 9.17) is 23.7 Å². The average Bonchev–Trinajstić information content (AvgIpc) is 0.955. The molecule has 0 N–H and O–H groups in total. The van der Waals surface area contributed by atoms with Gasteiger partial charge in [-0.25, -0.2) is 0 Å². The molecule has 9 atom stereocenters. The van der Waals surface area contributed by atoms with Gasteiger partial charge in [-0.1, -0.05) is 169 Å². The van der Waals surface area contributed by atoms with Gasteiger partial charge in [0.25, 0.3) is 0 Å². The van der Waals surface area contributed by atoms with Crippen LogP contribution in [0.15, 0.2) is 48.5 Å². The van der Waals surface area contributed by atoms with Crippen molar-refractivity contribution < 1.29 is 66.8 Å². The Morgan fingerprint density at radius 3 is 1.23 bits per heavy atom. The fourth-order valence-electron chi connectivity index (χ4n) is 13.6. The first-order valence-electron chi connectivity index (χ1n) is 49.5. The van der Waals surface area contributed by atoms with Crippen molar-refractivity contribution in [3.8, 4) is 5.75 Å². The number of carbonyl (C=O) groups excluding carboxylic acids is 9. The molecule has 0 spiro atoms. The minimum Gasteiger partial charge on any atom is -0.489 e. The number of anilines is 2. The zero-order valence-electron chi connectivity index (χ0n) is 90.0. The molecule has 0 aliphatic carbocycles. The van der Waals surface area contributed by atoms with Crippen molar-refractivity contribution in [2.24, 2.45) is 0 Å². The molecule has 9 aliphatic heterocycles. The zero-order chi connectivity index (χ0) is 101. The molecule has 26 heteroatoms. The third-order valence-corrected chi connectivity index (χ3v) is 24.2. The first-order chi connectivity index (χ1) is 61.8. The van der Waals surface area contributed by atoms with Gasteiger partial charge in [0.15, 0.2) is 0 Å². The lowest BCUT2D eigenvalue weighted by atomic mass is 9.93. The number of nitrogens with zero attached hydrogens (tertiary/aromatic N) is 9. The van der Waals surface area contributed by atoms with Crippen LogP contribution in [0, 0.1) is 0 Å². The molecule has 760 valence electrons. The van der Waals surface area contributed by atoms with Crippen LogP contribution in [0.3, 0.4) is 0 Å². The highest BCUT2D eigenvalue weighted by molar-refractivity contribution is 8.00. The number of likely N-dealkylation sites (N-methyl/N-ethyl adjacent to an activating group) is 3. The second-order valence-corrected chi connectivity index (χ2v) is 34.3. The van der Waals surface area contributed by atoms with Gasteiger partial charge in [0.05, 0.1) is 43.8 Å². The van der Waals surface area contributed by atoms with Crippen LogP contribution in [0.25, 0.3) is 0 Å². The second kappa shape index (κ2) is 95.2. The number of para-hydroxylation sites is 3.